The molecular formula is C15H15NO2. The third-order valence-corrected chi connectivity index (χ3v) is 3.03. The predicted molar refractivity (Wildman–Crippen MR) is 70.4 cm³/mol. The summed E-state index contributed by atoms with van der Waals surface area (Å²) >= 11 is 0. The summed E-state index contributed by atoms with van der Waals surface area (Å²) in [7, 11) is 0. The van der Waals surface area contributed by atoms with E-state index in [4.69, 9.17) is 4.74 Å². The van der Waals surface area contributed by atoms with E-state index < -0.39 is 5.54 Å². The third kappa shape index (κ3) is 1.89. The van der Waals surface area contributed by atoms with Gasteiger partial charge < -0.3 is 4.74 Å². The van der Waals surface area contributed by atoms with E-state index in [-0.39, 0.29) is 11.9 Å². The van der Waals surface area contributed by atoms with Gasteiger partial charge in [-0.15, -0.1) is 5.73 Å². The number of ether oxygens (including phenoxy) is 1. The smallest absolute Gasteiger partial charge is 0.345 e. The number of esters is 1. The van der Waals surface area contributed by atoms with Gasteiger partial charge in [0.05, 0.1) is 0 Å². The summed E-state index contributed by atoms with van der Waals surface area (Å²) in [6, 6.07) is 9.38. The molecule has 0 spiro atoms. The highest BCUT2D eigenvalue weighted by Crippen LogP contribution is 2.31. The fourth-order valence-corrected chi connectivity index (χ4v) is 1.89. The summed E-state index contributed by atoms with van der Waals surface area (Å²) in [5, 5.41) is 0. The van der Waals surface area contributed by atoms with Gasteiger partial charge in [0.15, 0.2) is 5.54 Å². The minimum absolute atomic E-state index is 0.0135. The molecule has 0 saturated heterocycles. The number of nitrogens with zero attached hydrogens (tertiary/aromatic N) is 1. The average Bonchev–Trinajstić information content (AvgIpc) is 2.70. The van der Waals surface area contributed by atoms with Gasteiger partial charge in [0.25, 0.3) is 0 Å². The highest BCUT2D eigenvalue weighted by atomic mass is 16.6. The van der Waals surface area contributed by atoms with Crippen molar-refractivity contribution in [2.24, 2.45) is 10.9 Å². The van der Waals surface area contributed by atoms with E-state index in [1.807, 2.05) is 44.2 Å². The first-order valence-corrected chi connectivity index (χ1v) is 5.84. The minimum atomic E-state index is -0.993. The molecule has 0 aliphatic carbocycles. The number of carbonyl (C=O) groups excluding carboxylic acids is 1. The highest BCUT2D eigenvalue weighted by molar-refractivity contribution is 6.08. The van der Waals surface area contributed by atoms with Gasteiger partial charge in [-0.2, -0.15) is 0 Å². The van der Waals surface area contributed by atoms with Crippen LogP contribution in [-0.4, -0.2) is 17.4 Å². The van der Waals surface area contributed by atoms with Gasteiger partial charge >= 0.3 is 5.97 Å². The lowest BCUT2D eigenvalue weighted by Gasteiger charge is -2.20. The molecule has 0 N–H and O–H groups in total. The molecule has 0 fully saturated rings. The molecule has 1 unspecified atom stereocenters. The zero-order valence-electron chi connectivity index (χ0n) is 10.5. The molecular weight excluding hydrogens is 226 g/mol. The highest BCUT2D eigenvalue weighted by Gasteiger charge is 2.47. The zero-order chi connectivity index (χ0) is 13.2. The molecule has 1 heterocycles. The lowest BCUT2D eigenvalue weighted by molar-refractivity contribution is -0.138. The van der Waals surface area contributed by atoms with E-state index in [0.717, 1.165) is 5.56 Å². The Morgan fingerprint density at radius 1 is 1.39 bits per heavy atom. The molecule has 2 rings (SSSR count). The van der Waals surface area contributed by atoms with Crippen LogP contribution in [0.5, 0.6) is 0 Å². The van der Waals surface area contributed by atoms with Crippen LogP contribution < -0.4 is 0 Å². The monoisotopic (exact) mass is 241 g/mol. The summed E-state index contributed by atoms with van der Waals surface area (Å²) in [6.45, 7) is 7.37. The quantitative estimate of drug-likeness (QED) is 0.603. The van der Waals surface area contributed by atoms with E-state index in [9.17, 15) is 4.79 Å². The lowest BCUT2D eigenvalue weighted by atomic mass is 9.87. The van der Waals surface area contributed by atoms with Crippen molar-refractivity contribution in [3.05, 3.63) is 54.3 Å². The lowest BCUT2D eigenvalue weighted by Crippen LogP contribution is -2.37. The Kier molecular flexibility index (Phi) is 3.17. The van der Waals surface area contributed by atoms with Crippen molar-refractivity contribution in [1.29, 1.82) is 0 Å². The Morgan fingerprint density at radius 2 is 2.06 bits per heavy atom. The molecule has 0 radical (unpaired) electrons. The molecule has 1 aliphatic heterocycles. The fourth-order valence-electron chi connectivity index (χ4n) is 1.89. The van der Waals surface area contributed by atoms with Crippen molar-refractivity contribution in [2.75, 3.05) is 0 Å². The summed E-state index contributed by atoms with van der Waals surface area (Å²) in [5.41, 5.74) is 2.46. The number of cyclic esters (lactones) is 1. The van der Waals surface area contributed by atoms with Crippen LogP contribution >= 0.6 is 0 Å². The molecule has 92 valence electrons. The van der Waals surface area contributed by atoms with Gasteiger partial charge in [-0.25, -0.2) is 9.79 Å². The summed E-state index contributed by atoms with van der Waals surface area (Å²) < 4.78 is 5.29. The first kappa shape index (κ1) is 12.3. The maximum atomic E-state index is 12.1. The average molecular weight is 241 g/mol. The molecule has 1 aliphatic rings. The van der Waals surface area contributed by atoms with Crippen LogP contribution in [0.2, 0.25) is 0 Å². The number of carbonyl (C=O) groups is 1. The second-order valence-corrected chi connectivity index (χ2v) is 4.50. The van der Waals surface area contributed by atoms with Gasteiger partial charge in [-0.1, -0.05) is 38.6 Å². The molecule has 3 heteroatoms. The SMILES string of the molecule is C=C=CC1(C(C)C)N=C(c2ccccc2)OC1=O. The van der Waals surface area contributed by atoms with E-state index in [2.05, 4.69) is 17.3 Å². The van der Waals surface area contributed by atoms with Crippen molar-refractivity contribution >= 4 is 11.9 Å². The summed E-state index contributed by atoms with van der Waals surface area (Å²) in [4.78, 5) is 16.5. The molecule has 1 atom stereocenters. The van der Waals surface area contributed by atoms with Crippen molar-refractivity contribution in [3.63, 3.8) is 0 Å². The molecule has 0 aromatic heterocycles. The van der Waals surface area contributed by atoms with Crippen molar-refractivity contribution in [2.45, 2.75) is 19.4 Å². The fraction of sp³-hybridized carbons (Fsp3) is 0.267. The van der Waals surface area contributed by atoms with E-state index in [0.29, 0.717) is 5.90 Å². The van der Waals surface area contributed by atoms with Crippen LogP contribution in [0.3, 0.4) is 0 Å². The number of hydrogen-bond acceptors (Lipinski definition) is 3. The topological polar surface area (TPSA) is 38.7 Å². The maximum absolute atomic E-state index is 12.1. The van der Waals surface area contributed by atoms with Gasteiger partial charge in [-0.05, 0) is 24.1 Å². The Morgan fingerprint density at radius 3 is 2.61 bits per heavy atom. The van der Waals surface area contributed by atoms with Crippen LogP contribution in [0.4, 0.5) is 0 Å². The molecule has 1 aromatic carbocycles. The number of benzene rings is 1. The Balaban J connectivity index is 2.49. The Labute approximate surface area is 107 Å². The Hall–Kier alpha value is -2.12. The molecule has 0 bridgehead atoms. The zero-order valence-corrected chi connectivity index (χ0v) is 10.5. The first-order valence-electron chi connectivity index (χ1n) is 5.84. The molecule has 0 amide bonds. The molecule has 3 nitrogen and oxygen atoms in total. The van der Waals surface area contributed by atoms with E-state index in [1.54, 1.807) is 6.08 Å². The van der Waals surface area contributed by atoms with Crippen molar-refractivity contribution in [1.82, 2.24) is 0 Å². The van der Waals surface area contributed by atoms with Crippen LogP contribution in [0, 0.1) is 5.92 Å². The molecule has 18 heavy (non-hydrogen) atoms. The largest absolute Gasteiger partial charge is 0.405 e. The van der Waals surface area contributed by atoms with Gasteiger partial charge in [0.2, 0.25) is 5.90 Å². The maximum Gasteiger partial charge on any atom is 0.345 e. The van der Waals surface area contributed by atoms with E-state index in [1.165, 1.54) is 0 Å². The Bertz CT molecular complexity index is 539. The van der Waals surface area contributed by atoms with Crippen LogP contribution in [0.15, 0.2) is 53.7 Å². The van der Waals surface area contributed by atoms with Gasteiger partial charge in [-0.3, -0.25) is 0 Å². The van der Waals surface area contributed by atoms with Crippen molar-refractivity contribution < 1.29 is 9.53 Å². The van der Waals surface area contributed by atoms with Crippen LogP contribution in [0.25, 0.3) is 0 Å². The molecule has 0 saturated carbocycles. The summed E-state index contributed by atoms with van der Waals surface area (Å²) in [5.74, 6) is -0.0197. The van der Waals surface area contributed by atoms with E-state index >= 15 is 0 Å². The number of rotatable bonds is 3. The second-order valence-electron chi connectivity index (χ2n) is 4.50. The third-order valence-electron chi connectivity index (χ3n) is 3.03. The molecule has 1 aromatic rings. The first-order chi connectivity index (χ1) is 8.60. The number of hydrogen-bond donors (Lipinski definition) is 0. The number of aliphatic imine (C=N–C) groups is 1. The normalized spacial score (nSPS) is 22.4. The summed E-state index contributed by atoms with van der Waals surface area (Å²) in [6.07, 6.45) is 1.58. The standard InChI is InChI=1S/C15H15NO2/c1-4-10-15(11(2)3)14(17)18-13(16-15)12-8-6-5-7-9-12/h5-11H,1H2,2-3H3. The minimum Gasteiger partial charge on any atom is -0.405 e. The van der Waals surface area contributed by atoms with Crippen molar-refractivity contribution in [3.8, 4) is 0 Å². The van der Waals surface area contributed by atoms with Gasteiger partial charge in [0.1, 0.15) is 0 Å². The van der Waals surface area contributed by atoms with Gasteiger partial charge in [0, 0.05) is 5.56 Å². The predicted octanol–water partition coefficient (Wildman–Crippen LogP) is 2.73. The second kappa shape index (κ2) is 4.63. The van der Waals surface area contributed by atoms with Crippen LogP contribution in [-0.2, 0) is 9.53 Å². The van der Waals surface area contributed by atoms with Crippen LogP contribution in [0.1, 0.15) is 19.4 Å².